The summed E-state index contributed by atoms with van der Waals surface area (Å²) in [5.74, 6) is 1.74. The molecule has 2 heterocycles. The van der Waals surface area contributed by atoms with Gasteiger partial charge in [-0.1, -0.05) is 29.2 Å². The maximum atomic E-state index is 11.9. The zero-order chi connectivity index (χ0) is 14.7. The largest absolute Gasteiger partial charge is 0.454 e. The van der Waals surface area contributed by atoms with Crippen molar-refractivity contribution < 1.29 is 14.3 Å². The Morgan fingerprint density at radius 2 is 2.33 bits per heavy atom. The molecule has 1 N–H and O–H groups in total. The van der Waals surface area contributed by atoms with Crippen LogP contribution in [0.1, 0.15) is 18.5 Å². The molecule has 0 radical (unpaired) electrons. The molecule has 0 spiro atoms. The second-order valence-corrected chi connectivity index (χ2v) is 6.45. The Morgan fingerprint density at radius 1 is 1.48 bits per heavy atom. The molecule has 21 heavy (non-hydrogen) atoms. The summed E-state index contributed by atoms with van der Waals surface area (Å²) in [4.78, 5) is 11.9. The molecule has 1 amide bonds. The Labute approximate surface area is 129 Å². The molecule has 0 fully saturated rings. The van der Waals surface area contributed by atoms with Gasteiger partial charge in [0, 0.05) is 0 Å². The number of rotatable bonds is 5. The molecule has 3 rings (SSSR count). The lowest BCUT2D eigenvalue weighted by Gasteiger charge is -2.14. The minimum Gasteiger partial charge on any atom is -0.454 e. The Kier molecular flexibility index (Phi) is 4.26. The van der Waals surface area contributed by atoms with Gasteiger partial charge in [-0.2, -0.15) is 0 Å². The second-order valence-electron chi connectivity index (χ2n) is 4.40. The van der Waals surface area contributed by atoms with Gasteiger partial charge in [-0.25, -0.2) is 0 Å². The second kappa shape index (κ2) is 6.31. The number of hydrogen-bond donors (Lipinski definition) is 1. The summed E-state index contributed by atoms with van der Waals surface area (Å²) in [5.41, 5.74) is 2.63. The molecular weight excluding hydrogens is 310 g/mol. The number of carbonyl (C=O) groups is 1. The third-order valence-electron chi connectivity index (χ3n) is 2.94. The average molecular weight is 323 g/mol. The monoisotopic (exact) mass is 323 g/mol. The third-order valence-corrected chi connectivity index (χ3v) is 4.80. The Morgan fingerprint density at radius 3 is 3.14 bits per heavy atom. The maximum Gasteiger partial charge on any atom is 0.231 e. The smallest absolute Gasteiger partial charge is 0.231 e. The summed E-state index contributed by atoms with van der Waals surface area (Å²) < 4.78 is 11.4. The molecule has 1 aliphatic rings. The van der Waals surface area contributed by atoms with Crippen LogP contribution in [0.3, 0.4) is 0 Å². The first kappa shape index (κ1) is 14.2. The van der Waals surface area contributed by atoms with Gasteiger partial charge in [0.1, 0.15) is 5.51 Å². The van der Waals surface area contributed by atoms with Crippen molar-refractivity contribution in [1.82, 2.24) is 15.5 Å². The highest BCUT2D eigenvalue weighted by Gasteiger charge is 2.17. The van der Waals surface area contributed by atoms with Crippen molar-refractivity contribution in [2.75, 3.05) is 12.5 Å². The van der Waals surface area contributed by atoms with Crippen LogP contribution < -0.4 is 14.8 Å². The van der Waals surface area contributed by atoms with Crippen molar-refractivity contribution in [2.24, 2.45) is 0 Å². The van der Waals surface area contributed by atoms with Crippen molar-refractivity contribution in [3.63, 3.8) is 0 Å². The topological polar surface area (TPSA) is 73.3 Å². The van der Waals surface area contributed by atoms with E-state index in [1.54, 1.807) is 5.51 Å². The number of nitrogens with zero attached hydrogens (tertiary/aromatic N) is 2. The van der Waals surface area contributed by atoms with Gasteiger partial charge in [0.15, 0.2) is 15.8 Å². The van der Waals surface area contributed by atoms with E-state index in [1.807, 2.05) is 25.1 Å². The summed E-state index contributed by atoms with van der Waals surface area (Å²) >= 11 is 2.80. The zero-order valence-corrected chi connectivity index (χ0v) is 12.9. The standard InChI is InChI=1S/C13H13N3O3S2/c1-8(9-2-3-10-11(4-9)19-7-18-10)15-12(17)5-20-13-16-14-6-21-13/h2-4,6,8H,5,7H2,1H3,(H,15,17)/t8-/m0/s1. The minimum atomic E-state index is -0.0954. The fourth-order valence-electron chi connectivity index (χ4n) is 1.90. The molecule has 0 unspecified atom stereocenters. The summed E-state index contributed by atoms with van der Waals surface area (Å²) in [6.45, 7) is 2.18. The van der Waals surface area contributed by atoms with Gasteiger partial charge in [0.05, 0.1) is 11.8 Å². The van der Waals surface area contributed by atoms with Crippen LogP contribution in [0.15, 0.2) is 28.0 Å². The van der Waals surface area contributed by atoms with Crippen molar-refractivity contribution >= 4 is 29.0 Å². The van der Waals surface area contributed by atoms with E-state index in [9.17, 15) is 4.79 Å². The minimum absolute atomic E-state index is 0.0413. The van der Waals surface area contributed by atoms with Gasteiger partial charge in [-0.15, -0.1) is 10.2 Å². The van der Waals surface area contributed by atoms with Crippen LogP contribution in [0.5, 0.6) is 11.5 Å². The van der Waals surface area contributed by atoms with Crippen LogP contribution in [0.2, 0.25) is 0 Å². The van der Waals surface area contributed by atoms with Crippen molar-refractivity contribution in [3.8, 4) is 11.5 Å². The molecule has 1 aliphatic heterocycles. The molecule has 1 atom stereocenters. The summed E-state index contributed by atoms with van der Waals surface area (Å²) in [7, 11) is 0. The number of ether oxygens (including phenoxy) is 2. The predicted octanol–water partition coefficient (Wildman–Crippen LogP) is 2.24. The SMILES string of the molecule is C[C@H](NC(=O)CSc1nncs1)c1ccc2c(c1)OCO2. The highest BCUT2D eigenvalue weighted by molar-refractivity contribution is 8.01. The number of hydrogen-bond acceptors (Lipinski definition) is 7. The van der Waals surface area contributed by atoms with Gasteiger partial charge in [-0.3, -0.25) is 4.79 Å². The fourth-order valence-corrected chi connectivity index (χ4v) is 3.20. The Balaban J connectivity index is 1.55. The van der Waals surface area contributed by atoms with Gasteiger partial charge in [0.2, 0.25) is 12.7 Å². The maximum absolute atomic E-state index is 11.9. The highest BCUT2D eigenvalue weighted by atomic mass is 32.2. The quantitative estimate of drug-likeness (QED) is 0.851. The van der Waals surface area contributed by atoms with Crippen LogP contribution in [0.25, 0.3) is 0 Å². The van der Waals surface area contributed by atoms with Crippen LogP contribution >= 0.6 is 23.1 Å². The molecule has 0 saturated heterocycles. The molecule has 8 heteroatoms. The number of carbonyl (C=O) groups excluding carboxylic acids is 1. The van der Waals surface area contributed by atoms with Gasteiger partial charge in [-0.05, 0) is 24.6 Å². The van der Waals surface area contributed by atoms with Crippen LogP contribution in [0, 0.1) is 0 Å². The third kappa shape index (κ3) is 3.45. The molecule has 2 aromatic rings. The van der Waals surface area contributed by atoms with E-state index in [0.717, 1.165) is 21.4 Å². The molecule has 0 aliphatic carbocycles. The van der Waals surface area contributed by atoms with E-state index in [0.29, 0.717) is 5.75 Å². The first-order valence-electron chi connectivity index (χ1n) is 6.30. The van der Waals surface area contributed by atoms with Crippen LogP contribution in [-0.2, 0) is 4.79 Å². The number of nitrogens with one attached hydrogen (secondary N) is 1. The number of aromatic nitrogens is 2. The Hall–Kier alpha value is -1.80. The summed E-state index contributed by atoms with van der Waals surface area (Å²) in [6.07, 6.45) is 0. The van der Waals surface area contributed by atoms with Crippen molar-refractivity contribution in [2.45, 2.75) is 17.3 Å². The molecular formula is C13H13N3O3S2. The van der Waals surface area contributed by atoms with Crippen LogP contribution in [0.4, 0.5) is 0 Å². The lowest BCUT2D eigenvalue weighted by atomic mass is 10.1. The number of fused-ring (bicyclic) bond motifs is 1. The van der Waals surface area contributed by atoms with E-state index in [2.05, 4.69) is 15.5 Å². The molecule has 1 aromatic heterocycles. The van der Waals surface area contributed by atoms with Crippen molar-refractivity contribution in [3.05, 3.63) is 29.3 Å². The average Bonchev–Trinajstić information content (AvgIpc) is 3.15. The zero-order valence-electron chi connectivity index (χ0n) is 11.2. The van der Waals surface area contributed by atoms with E-state index in [1.165, 1.54) is 23.1 Å². The normalized spacial score (nSPS) is 14.0. The van der Waals surface area contributed by atoms with E-state index < -0.39 is 0 Å². The number of benzene rings is 1. The summed E-state index contributed by atoms with van der Waals surface area (Å²) in [5, 5.41) is 10.6. The van der Waals surface area contributed by atoms with Gasteiger partial charge < -0.3 is 14.8 Å². The van der Waals surface area contributed by atoms with Crippen LogP contribution in [-0.4, -0.2) is 28.7 Å². The molecule has 110 valence electrons. The van der Waals surface area contributed by atoms with E-state index in [-0.39, 0.29) is 18.7 Å². The fraction of sp³-hybridized carbons (Fsp3) is 0.308. The van der Waals surface area contributed by atoms with Gasteiger partial charge >= 0.3 is 0 Å². The van der Waals surface area contributed by atoms with Gasteiger partial charge in [0.25, 0.3) is 0 Å². The molecule has 0 bridgehead atoms. The number of thioether (sulfide) groups is 1. The molecule has 0 saturated carbocycles. The number of amides is 1. The first-order chi connectivity index (χ1) is 10.2. The first-order valence-corrected chi connectivity index (χ1v) is 8.17. The summed E-state index contributed by atoms with van der Waals surface area (Å²) in [6, 6.07) is 5.58. The lowest BCUT2D eigenvalue weighted by molar-refractivity contribution is -0.119. The van der Waals surface area contributed by atoms with E-state index in [4.69, 9.17) is 9.47 Å². The lowest BCUT2D eigenvalue weighted by Crippen LogP contribution is -2.28. The predicted molar refractivity (Wildman–Crippen MR) is 79.8 cm³/mol. The Bertz CT molecular complexity index is 634. The molecule has 6 nitrogen and oxygen atoms in total. The van der Waals surface area contributed by atoms with E-state index >= 15 is 0 Å². The van der Waals surface area contributed by atoms with Crippen molar-refractivity contribution in [1.29, 1.82) is 0 Å². The molecule has 1 aromatic carbocycles. The highest BCUT2D eigenvalue weighted by Crippen LogP contribution is 2.34.